The third kappa shape index (κ3) is 4.06. The van der Waals surface area contributed by atoms with Gasteiger partial charge in [0.15, 0.2) is 11.5 Å². The second-order valence-electron chi connectivity index (χ2n) is 7.81. The molecule has 0 unspecified atom stereocenters. The lowest BCUT2D eigenvalue weighted by atomic mass is 9.73. The van der Waals surface area contributed by atoms with Crippen molar-refractivity contribution >= 4 is 5.91 Å². The average molecular weight is 401 g/mol. The first kappa shape index (κ1) is 19.7. The number of nitrogens with zero attached hydrogens (tertiary/aromatic N) is 1. The number of carbonyl (C=O) groups excluding carboxylic acids is 1. The van der Waals surface area contributed by atoms with Crippen LogP contribution in [0.3, 0.4) is 0 Å². The van der Waals surface area contributed by atoms with Gasteiger partial charge in [-0.3, -0.25) is 4.79 Å². The van der Waals surface area contributed by atoms with Crippen molar-refractivity contribution in [2.75, 3.05) is 26.5 Å². The number of benzene rings is 2. The van der Waals surface area contributed by atoms with Crippen LogP contribution < -0.4 is 9.47 Å². The molecule has 2 atom stereocenters. The molecule has 1 saturated heterocycles. The highest BCUT2D eigenvalue weighted by Gasteiger charge is 2.43. The summed E-state index contributed by atoms with van der Waals surface area (Å²) in [5.41, 5.74) is 0.753. The molecule has 0 radical (unpaired) electrons. The number of aliphatic hydroxyl groups excluding tert-OH is 2. The number of likely N-dealkylation sites (tertiary alicyclic amines) is 1. The van der Waals surface area contributed by atoms with Crippen molar-refractivity contribution in [3.63, 3.8) is 0 Å². The van der Waals surface area contributed by atoms with E-state index in [2.05, 4.69) is 0 Å². The van der Waals surface area contributed by atoms with Crippen LogP contribution in [-0.2, 0) is 17.6 Å². The normalized spacial score (nSPS) is 23.3. The molecule has 0 spiro atoms. The predicted molar refractivity (Wildman–Crippen MR) is 103 cm³/mol. The zero-order chi connectivity index (χ0) is 20.4. The number of fused-ring (bicyclic) bond motifs is 1. The van der Waals surface area contributed by atoms with Gasteiger partial charge in [-0.25, -0.2) is 4.39 Å². The van der Waals surface area contributed by atoms with E-state index >= 15 is 0 Å². The molecule has 0 saturated carbocycles. The Kier molecular flexibility index (Phi) is 5.43. The number of halogens is 1. The van der Waals surface area contributed by atoms with Crippen molar-refractivity contribution in [3.05, 3.63) is 59.4 Å². The van der Waals surface area contributed by atoms with Gasteiger partial charge in [0.25, 0.3) is 0 Å². The van der Waals surface area contributed by atoms with Crippen LogP contribution >= 0.6 is 0 Å². The fourth-order valence-corrected chi connectivity index (χ4v) is 4.09. The van der Waals surface area contributed by atoms with Crippen molar-refractivity contribution in [3.8, 4) is 11.5 Å². The molecule has 7 heteroatoms. The highest BCUT2D eigenvalue weighted by molar-refractivity contribution is 5.79. The third-order valence-electron chi connectivity index (χ3n) is 5.81. The van der Waals surface area contributed by atoms with E-state index in [1.165, 1.54) is 12.1 Å². The smallest absolute Gasteiger partial charge is 0.231 e. The molecular weight excluding hydrogens is 377 g/mol. The highest BCUT2D eigenvalue weighted by Crippen LogP contribution is 2.35. The number of hydrogen-bond donors (Lipinski definition) is 2. The zero-order valence-corrected chi connectivity index (χ0v) is 16.0. The molecule has 1 amide bonds. The molecule has 0 aromatic heterocycles. The summed E-state index contributed by atoms with van der Waals surface area (Å²) in [6, 6.07) is 11.4. The number of amides is 1. The summed E-state index contributed by atoms with van der Waals surface area (Å²) in [6.07, 6.45) is 0.199. The molecule has 154 valence electrons. The van der Waals surface area contributed by atoms with Gasteiger partial charge in [0.2, 0.25) is 12.7 Å². The van der Waals surface area contributed by atoms with Gasteiger partial charge in [-0.1, -0.05) is 18.2 Å². The summed E-state index contributed by atoms with van der Waals surface area (Å²) in [5, 5.41) is 20.7. The molecule has 0 aliphatic carbocycles. The van der Waals surface area contributed by atoms with E-state index < -0.39 is 11.5 Å². The lowest BCUT2D eigenvalue weighted by Gasteiger charge is -2.45. The van der Waals surface area contributed by atoms with Crippen LogP contribution in [0.2, 0.25) is 0 Å². The summed E-state index contributed by atoms with van der Waals surface area (Å²) in [7, 11) is 0. The van der Waals surface area contributed by atoms with Crippen LogP contribution in [-0.4, -0.2) is 53.6 Å². The first-order valence-electron chi connectivity index (χ1n) is 9.69. The maximum Gasteiger partial charge on any atom is 0.231 e. The van der Waals surface area contributed by atoms with Crippen LogP contribution in [0.4, 0.5) is 4.39 Å². The minimum atomic E-state index is -0.874. The molecule has 1 fully saturated rings. The van der Waals surface area contributed by atoms with Gasteiger partial charge in [-0.05, 0) is 48.2 Å². The number of carbonyl (C=O) groups is 1. The van der Waals surface area contributed by atoms with E-state index in [0.717, 1.165) is 11.1 Å². The molecule has 2 heterocycles. The van der Waals surface area contributed by atoms with E-state index in [1.807, 2.05) is 6.07 Å². The quantitative estimate of drug-likeness (QED) is 0.800. The molecule has 2 aromatic carbocycles. The molecule has 2 aromatic rings. The fraction of sp³-hybridized carbons (Fsp3) is 0.409. The lowest BCUT2D eigenvalue weighted by Crippen LogP contribution is -2.56. The minimum Gasteiger partial charge on any atom is -0.454 e. The van der Waals surface area contributed by atoms with Crippen LogP contribution in [0.5, 0.6) is 11.5 Å². The van der Waals surface area contributed by atoms with Crippen LogP contribution in [0.1, 0.15) is 17.5 Å². The molecule has 0 bridgehead atoms. The Balaban J connectivity index is 1.48. The van der Waals surface area contributed by atoms with E-state index in [1.54, 1.807) is 29.2 Å². The number of hydrogen-bond acceptors (Lipinski definition) is 5. The topological polar surface area (TPSA) is 79.2 Å². The molecule has 2 aliphatic rings. The summed E-state index contributed by atoms with van der Waals surface area (Å²) in [4.78, 5) is 14.6. The Hall–Kier alpha value is -2.64. The number of rotatable bonds is 5. The van der Waals surface area contributed by atoms with E-state index in [9.17, 15) is 19.4 Å². The molecular formula is C22H24FNO5. The zero-order valence-electron chi connectivity index (χ0n) is 16.0. The number of piperidine rings is 1. The lowest BCUT2D eigenvalue weighted by molar-refractivity contribution is -0.141. The SMILES string of the molecule is O=C(Cc1ccc2c(c1)OCO2)N1CC[C@H](O)[C@@](CO)(Cc2ccc(F)cc2)C1. The van der Waals surface area contributed by atoms with Gasteiger partial charge in [-0.15, -0.1) is 0 Å². The molecule has 6 nitrogen and oxygen atoms in total. The maximum atomic E-state index is 13.2. The van der Waals surface area contributed by atoms with Gasteiger partial charge in [0.1, 0.15) is 5.82 Å². The van der Waals surface area contributed by atoms with Crippen LogP contribution in [0, 0.1) is 11.2 Å². The Morgan fingerprint density at radius 2 is 1.86 bits per heavy atom. The van der Waals surface area contributed by atoms with Gasteiger partial charge < -0.3 is 24.6 Å². The molecule has 2 aliphatic heterocycles. The van der Waals surface area contributed by atoms with Crippen molar-refractivity contribution in [1.29, 1.82) is 0 Å². The van der Waals surface area contributed by atoms with Gasteiger partial charge in [-0.2, -0.15) is 0 Å². The summed E-state index contributed by atoms with van der Waals surface area (Å²) >= 11 is 0. The van der Waals surface area contributed by atoms with Gasteiger partial charge >= 0.3 is 0 Å². The highest BCUT2D eigenvalue weighted by atomic mass is 19.1. The van der Waals surface area contributed by atoms with Crippen LogP contribution in [0.25, 0.3) is 0 Å². The van der Waals surface area contributed by atoms with E-state index in [0.29, 0.717) is 30.9 Å². The Bertz CT molecular complexity index is 887. The maximum absolute atomic E-state index is 13.2. The molecule has 2 N–H and O–H groups in total. The second kappa shape index (κ2) is 8.00. The summed E-state index contributed by atoms with van der Waals surface area (Å²) in [5.74, 6) is 0.885. The first-order chi connectivity index (χ1) is 14.0. The van der Waals surface area contributed by atoms with E-state index in [4.69, 9.17) is 9.47 Å². The Labute approximate surface area is 168 Å². The predicted octanol–water partition coefficient (Wildman–Crippen LogP) is 1.91. The monoisotopic (exact) mass is 401 g/mol. The van der Waals surface area contributed by atoms with Gasteiger partial charge in [0, 0.05) is 18.5 Å². The first-order valence-corrected chi connectivity index (χ1v) is 9.69. The number of ether oxygens (including phenoxy) is 2. The average Bonchev–Trinajstić information content (AvgIpc) is 3.19. The molecule has 4 rings (SSSR count). The van der Waals surface area contributed by atoms with Gasteiger partial charge in [0.05, 0.1) is 19.1 Å². The van der Waals surface area contributed by atoms with Crippen molar-refractivity contribution in [2.24, 2.45) is 5.41 Å². The largest absolute Gasteiger partial charge is 0.454 e. The second-order valence-corrected chi connectivity index (χ2v) is 7.81. The summed E-state index contributed by atoms with van der Waals surface area (Å²) in [6.45, 7) is 0.583. The Morgan fingerprint density at radius 1 is 1.14 bits per heavy atom. The van der Waals surface area contributed by atoms with Crippen molar-refractivity contribution in [1.82, 2.24) is 4.90 Å². The van der Waals surface area contributed by atoms with Crippen molar-refractivity contribution in [2.45, 2.75) is 25.4 Å². The summed E-state index contributed by atoms with van der Waals surface area (Å²) < 4.78 is 23.9. The molecule has 29 heavy (non-hydrogen) atoms. The minimum absolute atomic E-state index is 0.0762. The standard InChI is InChI=1S/C22H24FNO5/c23-17-4-1-15(2-5-17)11-22(13-25)12-24(8-7-20(22)26)21(27)10-16-3-6-18-19(9-16)29-14-28-18/h1-6,9,20,25-26H,7-8,10-14H2/t20-,22-/m0/s1. The van der Waals surface area contributed by atoms with Crippen molar-refractivity contribution < 1.29 is 28.9 Å². The Morgan fingerprint density at radius 3 is 2.62 bits per heavy atom. The fourth-order valence-electron chi connectivity index (χ4n) is 4.09. The number of aliphatic hydroxyl groups is 2. The van der Waals surface area contributed by atoms with Crippen LogP contribution in [0.15, 0.2) is 42.5 Å². The van der Waals surface area contributed by atoms with E-state index in [-0.39, 0.29) is 38.1 Å². The third-order valence-corrected chi connectivity index (χ3v) is 5.81.